The first-order valence-electron chi connectivity index (χ1n) is 4.65. The lowest BCUT2D eigenvalue weighted by atomic mass is 9.93. The number of allylic oxidation sites excluding steroid dienone is 5. The van der Waals surface area contributed by atoms with Gasteiger partial charge in [0, 0.05) is 18.0 Å². The van der Waals surface area contributed by atoms with Gasteiger partial charge in [-0.05, 0) is 13.0 Å². The van der Waals surface area contributed by atoms with Crippen molar-refractivity contribution in [2.24, 2.45) is 5.41 Å². The molecule has 0 aromatic rings. The Morgan fingerprint density at radius 3 is 2.36 bits per heavy atom. The van der Waals surface area contributed by atoms with Crippen LogP contribution in [0.1, 0.15) is 27.7 Å². The van der Waals surface area contributed by atoms with Gasteiger partial charge in [-0.3, -0.25) is 4.79 Å². The summed E-state index contributed by atoms with van der Waals surface area (Å²) < 4.78 is 0. The molecule has 78 valence electrons. The fraction of sp³-hybridized carbons (Fsp3) is 0.417. The number of rotatable bonds is 4. The van der Waals surface area contributed by atoms with Crippen LogP contribution < -0.4 is 5.32 Å². The van der Waals surface area contributed by atoms with E-state index in [2.05, 4.69) is 25.7 Å². The number of carbonyl (C=O) groups is 1. The van der Waals surface area contributed by atoms with Crippen LogP contribution in [0, 0.1) is 5.41 Å². The number of nitrogens with one attached hydrogen (secondary N) is 1. The maximum Gasteiger partial charge on any atom is 0.220 e. The predicted octanol–water partition coefficient (Wildman–Crippen LogP) is 2.79. The molecule has 0 bridgehead atoms. The van der Waals surface area contributed by atoms with E-state index in [4.69, 9.17) is 0 Å². The van der Waals surface area contributed by atoms with Gasteiger partial charge in [-0.1, -0.05) is 32.1 Å². The van der Waals surface area contributed by atoms with E-state index in [-0.39, 0.29) is 11.3 Å². The van der Waals surface area contributed by atoms with Crippen LogP contribution in [-0.2, 0) is 4.79 Å². The first-order chi connectivity index (χ1) is 6.37. The van der Waals surface area contributed by atoms with Crippen LogP contribution in [0.4, 0.5) is 0 Å². The molecule has 0 aromatic carbocycles. The first-order valence-corrected chi connectivity index (χ1v) is 4.65. The van der Waals surface area contributed by atoms with Crippen LogP contribution in [-0.4, -0.2) is 5.91 Å². The molecule has 2 nitrogen and oxygen atoms in total. The highest BCUT2D eigenvalue weighted by Crippen LogP contribution is 2.17. The molecule has 0 fully saturated rings. The van der Waals surface area contributed by atoms with E-state index >= 15 is 0 Å². The summed E-state index contributed by atoms with van der Waals surface area (Å²) in [5, 5.41) is 2.69. The highest BCUT2D eigenvalue weighted by atomic mass is 16.1. The van der Waals surface area contributed by atoms with Crippen LogP contribution in [0.25, 0.3) is 0 Å². The monoisotopic (exact) mass is 193 g/mol. The molecule has 0 atom stereocenters. The summed E-state index contributed by atoms with van der Waals surface area (Å²) in [5.74, 6) is -0.0462. The molecule has 0 unspecified atom stereocenters. The molecule has 0 heterocycles. The Kier molecular flexibility index (Phi) is 4.92. The van der Waals surface area contributed by atoms with Crippen molar-refractivity contribution in [2.75, 3.05) is 0 Å². The molecule has 0 rings (SSSR count). The zero-order chi connectivity index (χ0) is 11.2. The van der Waals surface area contributed by atoms with Gasteiger partial charge < -0.3 is 5.32 Å². The van der Waals surface area contributed by atoms with Crippen LogP contribution in [0.3, 0.4) is 0 Å². The fourth-order valence-corrected chi connectivity index (χ4v) is 0.828. The zero-order valence-electron chi connectivity index (χ0n) is 9.42. The van der Waals surface area contributed by atoms with Crippen LogP contribution in [0.15, 0.2) is 36.6 Å². The van der Waals surface area contributed by atoms with Crippen LogP contribution in [0.5, 0.6) is 0 Å². The molecule has 1 N–H and O–H groups in total. The number of hydrogen-bond donors (Lipinski definition) is 1. The zero-order valence-corrected chi connectivity index (χ0v) is 9.42. The third-order valence-electron chi connectivity index (χ3n) is 1.77. The minimum absolute atomic E-state index is 0.00694. The molecule has 0 saturated heterocycles. The number of carbonyl (C=O) groups excluding carboxylic acids is 1. The average molecular weight is 193 g/mol. The van der Waals surface area contributed by atoms with E-state index in [1.54, 1.807) is 0 Å². The molecule has 14 heavy (non-hydrogen) atoms. The second kappa shape index (κ2) is 5.43. The molecule has 2 heteroatoms. The standard InChI is InChI=1S/C12H19NO/c1-6-12(4,5)9-7-8-10(2)13-11(3)14/h6-9H,1H2,2-5H3,(H,13,14). The number of hydrogen-bond acceptors (Lipinski definition) is 1. The first kappa shape index (κ1) is 12.7. The van der Waals surface area contributed by atoms with E-state index in [0.717, 1.165) is 5.70 Å². The molecule has 0 aliphatic carbocycles. The second-order valence-corrected chi connectivity index (χ2v) is 3.92. The summed E-state index contributed by atoms with van der Waals surface area (Å²) in [6.45, 7) is 11.2. The van der Waals surface area contributed by atoms with E-state index in [1.807, 2.05) is 31.2 Å². The van der Waals surface area contributed by atoms with Gasteiger partial charge in [-0.15, -0.1) is 6.58 Å². The molecular weight excluding hydrogens is 174 g/mol. The summed E-state index contributed by atoms with van der Waals surface area (Å²) in [4.78, 5) is 10.7. The quantitative estimate of drug-likeness (QED) is 0.540. The van der Waals surface area contributed by atoms with Crippen molar-refractivity contribution in [2.45, 2.75) is 27.7 Å². The molecule has 0 aliphatic rings. The van der Waals surface area contributed by atoms with Crippen molar-refractivity contribution in [3.05, 3.63) is 36.6 Å². The van der Waals surface area contributed by atoms with Crippen molar-refractivity contribution in [1.29, 1.82) is 0 Å². The highest BCUT2D eigenvalue weighted by Gasteiger charge is 2.05. The van der Waals surface area contributed by atoms with Gasteiger partial charge in [0.25, 0.3) is 0 Å². The van der Waals surface area contributed by atoms with E-state index in [9.17, 15) is 4.79 Å². The Hall–Kier alpha value is -1.31. The smallest absolute Gasteiger partial charge is 0.220 e. The van der Waals surface area contributed by atoms with Gasteiger partial charge in [-0.25, -0.2) is 0 Å². The molecule has 0 spiro atoms. The fourth-order valence-electron chi connectivity index (χ4n) is 0.828. The van der Waals surface area contributed by atoms with Gasteiger partial charge in [0.15, 0.2) is 0 Å². The highest BCUT2D eigenvalue weighted by molar-refractivity contribution is 5.74. The Morgan fingerprint density at radius 2 is 1.93 bits per heavy atom. The van der Waals surface area contributed by atoms with Crippen LogP contribution >= 0.6 is 0 Å². The topological polar surface area (TPSA) is 29.1 Å². The van der Waals surface area contributed by atoms with E-state index < -0.39 is 0 Å². The summed E-state index contributed by atoms with van der Waals surface area (Å²) in [7, 11) is 0. The van der Waals surface area contributed by atoms with Gasteiger partial charge in [0.1, 0.15) is 0 Å². The minimum atomic E-state index is -0.0462. The maximum absolute atomic E-state index is 10.7. The van der Waals surface area contributed by atoms with Gasteiger partial charge in [0.05, 0.1) is 0 Å². The lowest BCUT2D eigenvalue weighted by Gasteiger charge is -2.12. The van der Waals surface area contributed by atoms with Crippen molar-refractivity contribution >= 4 is 5.91 Å². The van der Waals surface area contributed by atoms with Crippen LogP contribution in [0.2, 0.25) is 0 Å². The van der Waals surface area contributed by atoms with E-state index in [0.29, 0.717) is 0 Å². The minimum Gasteiger partial charge on any atom is -0.330 e. The van der Waals surface area contributed by atoms with Gasteiger partial charge >= 0.3 is 0 Å². The number of amides is 1. The SMILES string of the molecule is C=CC(C)(C)C=CC=C(C)NC(C)=O. The van der Waals surface area contributed by atoms with Crippen molar-refractivity contribution < 1.29 is 4.79 Å². The summed E-state index contributed by atoms with van der Waals surface area (Å²) in [5.41, 5.74) is 0.834. The summed E-state index contributed by atoms with van der Waals surface area (Å²) in [6.07, 6.45) is 7.70. The maximum atomic E-state index is 10.7. The Labute approximate surface area is 86.4 Å². The molecule has 0 aliphatic heterocycles. The average Bonchev–Trinajstić information content (AvgIpc) is 2.02. The molecule has 1 amide bonds. The summed E-state index contributed by atoms with van der Waals surface area (Å²) >= 11 is 0. The Bertz CT molecular complexity index is 272. The van der Waals surface area contributed by atoms with Crippen molar-refractivity contribution in [1.82, 2.24) is 5.32 Å². The van der Waals surface area contributed by atoms with E-state index in [1.165, 1.54) is 6.92 Å². The molecule has 0 saturated carbocycles. The normalized spacial score (nSPS) is 13.0. The third kappa shape index (κ3) is 6.23. The third-order valence-corrected chi connectivity index (χ3v) is 1.77. The predicted molar refractivity (Wildman–Crippen MR) is 60.7 cm³/mol. The summed E-state index contributed by atoms with van der Waals surface area (Å²) in [6, 6.07) is 0. The second-order valence-electron chi connectivity index (χ2n) is 3.92. The van der Waals surface area contributed by atoms with Crippen molar-refractivity contribution in [3.8, 4) is 0 Å². The van der Waals surface area contributed by atoms with Gasteiger partial charge in [-0.2, -0.15) is 0 Å². The lowest BCUT2D eigenvalue weighted by molar-refractivity contribution is -0.118. The largest absolute Gasteiger partial charge is 0.330 e. The van der Waals surface area contributed by atoms with Gasteiger partial charge in [0.2, 0.25) is 5.91 Å². The lowest BCUT2D eigenvalue weighted by Crippen LogP contribution is -2.16. The molecule has 0 radical (unpaired) electrons. The van der Waals surface area contributed by atoms with Crippen molar-refractivity contribution in [3.63, 3.8) is 0 Å². The molecule has 0 aromatic heterocycles. The Morgan fingerprint density at radius 1 is 1.36 bits per heavy atom. The Balaban J connectivity index is 4.27. The molecular formula is C12H19NO.